The number of para-hydroxylation sites is 2. The average Bonchev–Trinajstić information content (AvgIpc) is 3.05. The number of fused-ring (bicyclic) bond motifs is 3. The first-order chi connectivity index (χ1) is 9.88. The van der Waals surface area contributed by atoms with E-state index in [-0.39, 0.29) is 0 Å². The number of imidazole rings is 2. The van der Waals surface area contributed by atoms with Gasteiger partial charge < -0.3 is 4.57 Å². The molecule has 0 spiro atoms. The number of hydrogen-bond donors (Lipinski definition) is 0. The molecule has 2 aromatic heterocycles. The van der Waals surface area contributed by atoms with Gasteiger partial charge in [-0.3, -0.25) is 4.40 Å². The summed E-state index contributed by atoms with van der Waals surface area (Å²) in [7, 11) is 0. The Morgan fingerprint density at radius 2 is 1.60 bits per heavy atom. The van der Waals surface area contributed by atoms with Crippen LogP contribution in [-0.2, 0) is 6.54 Å². The number of rotatable bonds is 2. The monoisotopic (exact) mass is 261 g/mol. The van der Waals surface area contributed by atoms with E-state index >= 15 is 0 Å². The van der Waals surface area contributed by atoms with Crippen LogP contribution in [0.4, 0.5) is 0 Å². The lowest BCUT2D eigenvalue weighted by molar-refractivity contribution is 0.807. The van der Waals surface area contributed by atoms with Gasteiger partial charge in [0.15, 0.2) is 0 Å². The number of benzene rings is 2. The van der Waals surface area contributed by atoms with Crippen molar-refractivity contribution < 1.29 is 0 Å². The Morgan fingerprint density at radius 3 is 2.35 bits per heavy atom. The van der Waals surface area contributed by atoms with E-state index < -0.39 is 0 Å². The lowest BCUT2D eigenvalue weighted by Crippen LogP contribution is -1.94. The van der Waals surface area contributed by atoms with Crippen LogP contribution in [-0.4, -0.2) is 14.0 Å². The normalized spacial score (nSPS) is 11.4. The van der Waals surface area contributed by atoms with Crippen LogP contribution in [0.15, 0.2) is 60.8 Å². The third-order valence-corrected chi connectivity index (χ3v) is 3.75. The standard InChI is InChI=1S/C17H15N3/c1-2-19-15-10-6-7-11-16(15)20-12-14(18-17(19)20)13-8-4-3-5-9-13/h3-12H,2H2,1H3. The van der Waals surface area contributed by atoms with Gasteiger partial charge in [-0.05, 0) is 19.1 Å². The molecule has 0 amide bonds. The van der Waals surface area contributed by atoms with Crippen molar-refractivity contribution in [2.75, 3.05) is 0 Å². The first kappa shape index (κ1) is 11.3. The van der Waals surface area contributed by atoms with E-state index in [0.717, 1.165) is 23.6 Å². The van der Waals surface area contributed by atoms with Gasteiger partial charge in [-0.25, -0.2) is 4.98 Å². The van der Waals surface area contributed by atoms with E-state index in [2.05, 4.69) is 58.5 Å². The Labute approximate surface area is 117 Å². The maximum absolute atomic E-state index is 4.82. The highest BCUT2D eigenvalue weighted by Crippen LogP contribution is 2.25. The van der Waals surface area contributed by atoms with E-state index in [0.29, 0.717) is 0 Å². The highest BCUT2D eigenvalue weighted by atomic mass is 15.2. The molecule has 0 aliphatic carbocycles. The second kappa shape index (κ2) is 4.23. The summed E-state index contributed by atoms with van der Waals surface area (Å²) in [6, 6.07) is 18.8. The smallest absolute Gasteiger partial charge is 0.215 e. The Balaban J connectivity index is 2.05. The van der Waals surface area contributed by atoms with Crippen LogP contribution in [0.3, 0.4) is 0 Å². The zero-order chi connectivity index (χ0) is 13.5. The molecule has 20 heavy (non-hydrogen) atoms. The Kier molecular flexibility index (Phi) is 2.39. The molecule has 0 N–H and O–H groups in total. The van der Waals surface area contributed by atoms with Gasteiger partial charge in [-0.15, -0.1) is 0 Å². The predicted molar refractivity (Wildman–Crippen MR) is 81.8 cm³/mol. The first-order valence-corrected chi connectivity index (χ1v) is 6.90. The van der Waals surface area contributed by atoms with Gasteiger partial charge in [0, 0.05) is 18.3 Å². The molecular formula is C17H15N3. The molecule has 0 unspecified atom stereocenters. The Hall–Kier alpha value is -2.55. The molecule has 0 aliphatic rings. The zero-order valence-electron chi connectivity index (χ0n) is 11.3. The van der Waals surface area contributed by atoms with Crippen molar-refractivity contribution in [3.63, 3.8) is 0 Å². The van der Waals surface area contributed by atoms with Crippen molar-refractivity contribution in [2.24, 2.45) is 0 Å². The molecule has 4 rings (SSSR count). The minimum Gasteiger partial charge on any atom is -0.310 e. The van der Waals surface area contributed by atoms with E-state index in [4.69, 9.17) is 4.98 Å². The van der Waals surface area contributed by atoms with Crippen LogP contribution in [0.25, 0.3) is 28.1 Å². The van der Waals surface area contributed by atoms with Crippen molar-refractivity contribution in [3.8, 4) is 11.3 Å². The lowest BCUT2D eigenvalue weighted by atomic mass is 10.2. The van der Waals surface area contributed by atoms with Crippen LogP contribution < -0.4 is 0 Å². The summed E-state index contributed by atoms with van der Waals surface area (Å²) in [4.78, 5) is 4.82. The largest absolute Gasteiger partial charge is 0.310 e. The summed E-state index contributed by atoms with van der Waals surface area (Å²) in [5.41, 5.74) is 4.62. The molecule has 2 heterocycles. The fraction of sp³-hybridized carbons (Fsp3) is 0.118. The third-order valence-electron chi connectivity index (χ3n) is 3.75. The van der Waals surface area contributed by atoms with Gasteiger partial charge in [0.1, 0.15) is 0 Å². The fourth-order valence-electron chi connectivity index (χ4n) is 2.80. The molecule has 3 nitrogen and oxygen atoms in total. The van der Waals surface area contributed by atoms with Crippen molar-refractivity contribution >= 4 is 16.8 Å². The van der Waals surface area contributed by atoms with Crippen molar-refractivity contribution in [1.29, 1.82) is 0 Å². The lowest BCUT2D eigenvalue weighted by Gasteiger charge is -1.99. The van der Waals surface area contributed by atoms with Gasteiger partial charge in [-0.2, -0.15) is 0 Å². The van der Waals surface area contributed by atoms with E-state index in [1.807, 2.05) is 18.2 Å². The minimum atomic E-state index is 0.919. The fourth-order valence-corrected chi connectivity index (χ4v) is 2.80. The summed E-state index contributed by atoms with van der Waals surface area (Å²) in [6.07, 6.45) is 2.12. The average molecular weight is 261 g/mol. The van der Waals surface area contributed by atoms with Crippen molar-refractivity contribution in [1.82, 2.24) is 14.0 Å². The highest BCUT2D eigenvalue weighted by Gasteiger charge is 2.12. The summed E-state index contributed by atoms with van der Waals surface area (Å²) in [6.45, 7) is 3.07. The second-order valence-electron chi connectivity index (χ2n) is 4.90. The Morgan fingerprint density at radius 1 is 0.900 bits per heavy atom. The van der Waals surface area contributed by atoms with E-state index in [1.54, 1.807) is 0 Å². The van der Waals surface area contributed by atoms with Crippen LogP contribution in [0.5, 0.6) is 0 Å². The molecule has 0 fully saturated rings. The molecule has 4 aromatic rings. The summed E-state index contributed by atoms with van der Waals surface area (Å²) < 4.78 is 4.43. The molecule has 2 aromatic carbocycles. The predicted octanol–water partition coefficient (Wildman–Crippen LogP) is 3.98. The molecule has 3 heteroatoms. The van der Waals surface area contributed by atoms with E-state index in [9.17, 15) is 0 Å². The third kappa shape index (κ3) is 1.50. The van der Waals surface area contributed by atoms with Gasteiger partial charge in [0.2, 0.25) is 5.78 Å². The Bertz CT molecular complexity index is 885. The molecule has 0 radical (unpaired) electrons. The van der Waals surface area contributed by atoms with Crippen molar-refractivity contribution in [3.05, 3.63) is 60.8 Å². The minimum absolute atomic E-state index is 0.919. The summed E-state index contributed by atoms with van der Waals surface area (Å²) in [5, 5.41) is 0. The van der Waals surface area contributed by atoms with Crippen LogP contribution in [0.1, 0.15) is 6.92 Å². The summed E-state index contributed by atoms with van der Waals surface area (Å²) in [5.74, 6) is 1.01. The quantitative estimate of drug-likeness (QED) is 0.535. The number of aryl methyl sites for hydroxylation is 1. The zero-order valence-corrected chi connectivity index (χ0v) is 11.3. The number of hydrogen-bond acceptors (Lipinski definition) is 1. The molecular weight excluding hydrogens is 246 g/mol. The molecule has 0 saturated heterocycles. The number of aromatic nitrogens is 3. The van der Waals surface area contributed by atoms with Gasteiger partial charge >= 0.3 is 0 Å². The molecule has 0 aliphatic heterocycles. The second-order valence-corrected chi connectivity index (χ2v) is 4.90. The maximum Gasteiger partial charge on any atom is 0.215 e. The van der Waals surface area contributed by atoms with Crippen molar-refractivity contribution in [2.45, 2.75) is 13.5 Å². The maximum atomic E-state index is 4.82. The van der Waals surface area contributed by atoms with Crippen LogP contribution in [0, 0.1) is 0 Å². The molecule has 0 saturated carbocycles. The number of nitrogens with zero attached hydrogens (tertiary/aromatic N) is 3. The highest BCUT2D eigenvalue weighted by molar-refractivity contribution is 5.82. The van der Waals surface area contributed by atoms with Gasteiger partial charge in [-0.1, -0.05) is 42.5 Å². The first-order valence-electron chi connectivity index (χ1n) is 6.90. The van der Waals surface area contributed by atoms with Crippen LogP contribution >= 0.6 is 0 Å². The van der Waals surface area contributed by atoms with Gasteiger partial charge in [0.05, 0.1) is 16.7 Å². The SMILES string of the molecule is CCn1c2ccccc2n2cc(-c3ccccc3)nc12. The summed E-state index contributed by atoms with van der Waals surface area (Å²) >= 11 is 0. The molecule has 0 bridgehead atoms. The van der Waals surface area contributed by atoms with E-state index in [1.165, 1.54) is 11.0 Å². The van der Waals surface area contributed by atoms with Gasteiger partial charge in [0.25, 0.3) is 0 Å². The molecule has 0 atom stereocenters. The molecule has 98 valence electrons. The topological polar surface area (TPSA) is 22.2 Å². The van der Waals surface area contributed by atoms with Crippen LogP contribution in [0.2, 0.25) is 0 Å².